The van der Waals surface area contributed by atoms with Gasteiger partial charge in [0.05, 0.1) is 19.3 Å². The van der Waals surface area contributed by atoms with Crippen LogP contribution in [0.5, 0.6) is 5.75 Å². The normalized spacial score (nSPS) is 20.4. The van der Waals surface area contributed by atoms with Crippen LogP contribution in [0.4, 0.5) is 0 Å². The summed E-state index contributed by atoms with van der Waals surface area (Å²) in [7, 11) is 1.65. The standard InChI is InChI=1S/C17H19N5O2/c1-24-13-4-2-12(3-5-13)21-8-6-19-16(21)17-20-7-9-22(17)14-10-18-11-15(14)23/h2-9,14-15,18,23H,10-11H2,1H3/t14-,15+/m1/s1. The van der Waals surface area contributed by atoms with Crippen molar-refractivity contribution < 1.29 is 9.84 Å². The molecule has 1 aliphatic rings. The van der Waals surface area contributed by atoms with Crippen molar-refractivity contribution in [3.63, 3.8) is 0 Å². The quantitative estimate of drug-likeness (QED) is 0.755. The largest absolute Gasteiger partial charge is 0.497 e. The number of ether oxygens (including phenoxy) is 1. The molecular weight excluding hydrogens is 306 g/mol. The average Bonchev–Trinajstić information content (AvgIpc) is 3.34. The lowest BCUT2D eigenvalue weighted by Gasteiger charge is -2.18. The first-order valence-electron chi connectivity index (χ1n) is 7.87. The Hall–Kier alpha value is -2.64. The second-order valence-electron chi connectivity index (χ2n) is 5.77. The smallest absolute Gasteiger partial charge is 0.181 e. The van der Waals surface area contributed by atoms with Gasteiger partial charge in [-0.25, -0.2) is 9.97 Å². The molecule has 1 fully saturated rings. The predicted octanol–water partition coefficient (Wildman–Crippen LogP) is 1.25. The maximum absolute atomic E-state index is 10.2. The third-order valence-corrected chi connectivity index (χ3v) is 4.37. The molecule has 0 spiro atoms. The van der Waals surface area contributed by atoms with E-state index in [1.165, 1.54) is 0 Å². The van der Waals surface area contributed by atoms with Crippen LogP contribution in [-0.4, -0.2) is 50.5 Å². The fraction of sp³-hybridized carbons (Fsp3) is 0.294. The van der Waals surface area contributed by atoms with E-state index >= 15 is 0 Å². The molecule has 2 N–H and O–H groups in total. The van der Waals surface area contributed by atoms with Gasteiger partial charge in [0.15, 0.2) is 11.6 Å². The molecule has 0 amide bonds. The number of methoxy groups -OCH3 is 1. The molecule has 1 saturated heterocycles. The van der Waals surface area contributed by atoms with E-state index in [1.807, 2.05) is 45.8 Å². The lowest BCUT2D eigenvalue weighted by molar-refractivity contribution is 0.151. The maximum atomic E-state index is 10.2. The SMILES string of the molecule is COc1ccc(-n2ccnc2-c2nccn2[C@@H]2CNC[C@@H]2O)cc1. The summed E-state index contributed by atoms with van der Waals surface area (Å²) < 4.78 is 9.18. The molecule has 7 heteroatoms. The predicted molar refractivity (Wildman–Crippen MR) is 89.3 cm³/mol. The molecular formula is C17H19N5O2. The Labute approximate surface area is 139 Å². The number of aliphatic hydroxyl groups excluding tert-OH is 1. The van der Waals surface area contributed by atoms with Crippen LogP contribution in [0.25, 0.3) is 17.3 Å². The zero-order valence-corrected chi connectivity index (χ0v) is 13.3. The highest BCUT2D eigenvalue weighted by molar-refractivity contribution is 5.52. The summed E-state index contributed by atoms with van der Waals surface area (Å²) in [5, 5.41) is 13.4. The minimum Gasteiger partial charge on any atom is -0.497 e. The van der Waals surface area contributed by atoms with E-state index < -0.39 is 6.10 Å². The third-order valence-electron chi connectivity index (χ3n) is 4.37. The third kappa shape index (κ3) is 2.47. The van der Waals surface area contributed by atoms with Crippen molar-refractivity contribution >= 4 is 0 Å². The highest BCUT2D eigenvalue weighted by atomic mass is 16.5. The number of imidazole rings is 2. The minimum absolute atomic E-state index is 0.0384. The molecule has 1 aromatic carbocycles. The summed E-state index contributed by atoms with van der Waals surface area (Å²) in [6.45, 7) is 1.31. The van der Waals surface area contributed by atoms with Gasteiger partial charge in [0.2, 0.25) is 0 Å². The molecule has 0 unspecified atom stereocenters. The highest BCUT2D eigenvalue weighted by Gasteiger charge is 2.29. The average molecular weight is 325 g/mol. The van der Waals surface area contributed by atoms with Crippen LogP contribution < -0.4 is 10.1 Å². The van der Waals surface area contributed by atoms with E-state index in [-0.39, 0.29) is 6.04 Å². The van der Waals surface area contributed by atoms with Crippen LogP contribution in [-0.2, 0) is 0 Å². The number of nitrogens with zero attached hydrogens (tertiary/aromatic N) is 4. The minimum atomic E-state index is -0.428. The number of β-amino-alcohol motifs (C(OH)–C–C–N with tert-alkyl or cyclic N) is 1. The summed E-state index contributed by atoms with van der Waals surface area (Å²) in [6.07, 6.45) is 6.86. The summed E-state index contributed by atoms with van der Waals surface area (Å²) in [4.78, 5) is 8.95. The Morgan fingerprint density at radius 3 is 2.54 bits per heavy atom. The lowest BCUT2D eigenvalue weighted by atomic mass is 10.2. The van der Waals surface area contributed by atoms with Crippen molar-refractivity contribution in [1.82, 2.24) is 24.4 Å². The number of aliphatic hydroxyl groups is 1. The molecule has 3 aromatic rings. The Bertz CT molecular complexity index is 824. The van der Waals surface area contributed by atoms with Gasteiger partial charge >= 0.3 is 0 Å². The topological polar surface area (TPSA) is 77.1 Å². The van der Waals surface area contributed by atoms with Crippen LogP contribution >= 0.6 is 0 Å². The van der Waals surface area contributed by atoms with Gasteiger partial charge in [0.1, 0.15) is 5.75 Å². The van der Waals surface area contributed by atoms with Crippen LogP contribution in [0.2, 0.25) is 0 Å². The number of nitrogens with one attached hydrogen (secondary N) is 1. The van der Waals surface area contributed by atoms with E-state index in [0.29, 0.717) is 13.1 Å². The molecule has 0 saturated carbocycles. The van der Waals surface area contributed by atoms with Gasteiger partial charge in [-0.2, -0.15) is 0 Å². The first-order chi connectivity index (χ1) is 11.8. The van der Waals surface area contributed by atoms with Gasteiger partial charge in [-0.3, -0.25) is 4.57 Å². The molecule has 3 heterocycles. The Morgan fingerprint density at radius 2 is 1.83 bits per heavy atom. The fourth-order valence-corrected chi connectivity index (χ4v) is 3.11. The first kappa shape index (κ1) is 14.9. The second-order valence-corrected chi connectivity index (χ2v) is 5.77. The van der Waals surface area contributed by atoms with Gasteiger partial charge in [0.25, 0.3) is 0 Å². The molecule has 4 rings (SSSR count). The van der Waals surface area contributed by atoms with Crippen LogP contribution in [0.1, 0.15) is 6.04 Å². The number of hydrogen-bond acceptors (Lipinski definition) is 5. The molecule has 0 aliphatic carbocycles. The molecule has 7 nitrogen and oxygen atoms in total. The van der Waals surface area contributed by atoms with Gasteiger partial charge < -0.3 is 19.7 Å². The summed E-state index contributed by atoms with van der Waals surface area (Å²) in [6, 6.07) is 7.74. The second kappa shape index (κ2) is 6.10. The molecule has 24 heavy (non-hydrogen) atoms. The molecule has 0 bridgehead atoms. The maximum Gasteiger partial charge on any atom is 0.181 e. The summed E-state index contributed by atoms with van der Waals surface area (Å²) >= 11 is 0. The summed E-state index contributed by atoms with van der Waals surface area (Å²) in [5.74, 6) is 2.29. The lowest BCUT2D eigenvalue weighted by Crippen LogP contribution is -2.22. The number of rotatable bonds is 4. The molecule has 2 aromatic heterocycles. The van der Waals surface area contributed by atoms with E-state index in [4.69, 9.17) is 4.74 Å². The van der Waals surface area contributed by atoms with Crippen molar-refractivity contribution in [2.24, 2.45) is 0 Å². The van der Waals surface area contributed by atoms with Crippen molar-refractivity contribution in [2.45, 2.75) is 12.1 Å². The first-order valence-corrected chi connectivity index (χ1v) is 7.87. The van der Waals surface area contributed by atoms with Gasteiger partial charge in [-0.15, -0.1) is 0 Å². The van der Waals surface area contributed by atoms with Gasteiger partial charge in [0, 0.05) is 43.6 Å². The van der Waals surface area contributed by atoms with Crippen LogP contribution in [0.15, 0.2) is 49.1 Å². The fourth-order valence-electron chi connectivity index (χ4n) is 3.11. The molecule has 2 atom stereocenters. The number of hydrogen-bond donors (Lipinski definition) is 2. The molecule has 0 radical (unpaired) electrons. The number of benzene rings is 1. The van der Waals surface area contributed by atoms with E-state index in [0.717, 1.165) is 23.1 Å². The monoisotopic (exact) mass is 325 g/mol. The Balaban J connectivity index is 1.74. The van der Waals surface area contributed by atoms with Gasteiger partial charge in [-0.1, -0.05) is 0 Å². The zero-order chi connectivity index (χ0) is 16.5. The highest BCUT2D eigenvalue weighted by Crippen LogP contribution is 2.26. The van der Waals surface area contributed by atoms with E-state index in [2.05, 4.69) is 15.3 Å². The summed E-state index contributed by atoms with van der Waals surface area (Å²) in [5.41, 5.74) is 0.975. The van der Waals surface area contributed by atoms with Crippen molar-refractivity contribution in [3.8, 4) is 23.1 Å². The van der Waals surface area contributed by atoms with Crippen molar-refractivity contribution in [3.05, 3.63) is 49.1 Å². The van der Waals surface area contributed by atoms with Crippen molar-refractivity contribution in [1.29, 1.82) is 0 Å². The molecule has 1 aliphatic heterocycles. The van der Waals surface area contributed by atoms with Gasteiger partial charge in [-0.05, 0) is 24.3 Å². The van der Waals surface area contributed by atoms with Crippen molar-refractivity contribution in [2.75, 3.05) is 20.2 Å². The van der Waals surface area contributed by atoms with Crippen LogP contribution in [0, 0.1) is 0 Å². The zero-order valence-electron chi connectivity index (χ0n) is 13.3. The van der Waals surface area contributed by atoms with E-state index in [9.17, 15) is 5.11 Å². The molecule has 124 valence electrons. The van der Waals surface area contributed by atoms with E-state index in [1.54, 1.807) is 19.5 Å². The van der Waals surface area contributed by atoms with Crippen LogP contribution in [0.3, 0.4) is 0 Å². The Morgan fingerprint density at radius 1 is 1.08 bits per heavy atom. The Kier molecular flexibility index (Phi) is 3.79. The number of aromatic nitrogens is 4.